The van der Waals surface area contributed by atoms with Crippen LogP contribution >= 0.6 is 0 Å². The number of aromatic nitrogens is 6. The molecule has 42 heavy (non-hydrogen) atoms. The van der Waals surface area contributed by atoms with Crippen LogP contribution in [0.2, 0.25) is 0 Å². The van der Waals surface area contributed by atoms with E-state index in [2.05, 4.69) is 50.8 Å². The lowest BCUT2D eigenvalue weighted by Gasteiger charge is -2.19. The highest BCUT2D eigenvalue weighted by molar-refractivity contribution is 5.93. The number of nitrogens with two attached hydrogens (primary N) is 4. The highest BCUT2D eigenvalue weighted by Gasteiger charge is 2.20. The molecule has 228 valence electrons. The number of ether oxygens (including phenoxy) is 4. The zero-order chi connectivity index (χ0) is 29.6. The third-order valence-corrected chi connectivity index (χ3v) is 5.73. The van der Waals surface area contributed by atoms with Gasteiger partial charge in [-0.3, -0.25) is 0 Å². The Balaban J connectivity index is 0.906. The molecule has 0 bridgehead atoms. The van der Waals surface area contributed by atoms with Crippen LogP contribution in [0.4, 0.5) is 17.6 Å². The number of hydrogen-bond acceptors (Lipinski definition) is 18. The molecule has 0 amide bonds. The van der Waals surface area contributed by atoms with Gasteiger partial charge in [-0.05, 0) is 0 Å². The maximum atomic E-state index is 5.94. The van der Waals surface area contributed by atoms with Gasteiger partial charge < -0.3 is 57.8 Å². The number of nitrogen functional groups attached to an aromatic ring is 2. The molecule has 0 saturated heterocycles. The van der Waals surface area contributed by atoms with Crippen LogP contribution in [0, 0.1) is 0 Å². The van der Waals surface area contributed by atoms with Gasteiger partial charge in [0.25, 0.3) is 0 Å². The van der Waals surface area contributed by atoms with Crippen molar-refractivity contribution in [2.75, 3.05) is 82.7 Å². The summed E-state index contributed by atoms with van der Waals surface area (Å²) in [7, 11) is 0. The summed E-state index contributed by atoms with van der Waals surface area (Å²) in [6, 6.07) is 0. The molecule has 0 aromatic carbocycles. The summed E-state index contributed by atoms with van der Waals surface area (Å²) < 4.78 is 22.1. The summed E-state index contributed by atoms with van der Waals surface area (Å²) in [5, 5.41) is 9.34. The van der Waals surface area contributed by atoms with Crippen LogP contribution in [0.1, 0.15) is 23.2 Å². The second-order valence-electron chi connectivity index (χ2n) is 8.98. The van der Waals surface area contributed by atoms with Crippen molar-refractivity contribution in [3.63, 3.8) is 0 Å². The zero-order valence-corrected chi connectivity index (χ0v) is 23.3. The molecule has 0 radical (unpaired) electrons. The van der Waals surface area contributed by atoms with Crippen LogP contribution in [0.15, 0.2) is 17.4 Å². The number of hydrogen-bond donors (Lipinski definition) is 7. The van der Waals surface area contributed by atoms with Gasteiger partial charge in [0.05, 0.1) is 76.6 Å². The van der Waals surface area contributed by atoms with E-state index < -0.39 is 6.17 Å². The van der Waals surface area contributed by atoms with Gasteiger partial charge in [0.15, 0.2) is 28.8 Å². The van der Waals surface area contributed by atoms with E-state index in [1.54, 1.807) is 12.4 Å². The highest BCUT2D eigenvalue weighted by Crippen LogP contribution is 2.21. The molecule has 0 saturated carbocycles. The van der Waals surface area contributed by atoms with E-state index in [9.17, 15) is 0 Å². The molecule has 3 aromatic rings. The highest BCUT2D eigenvalue weighted by atomic mass is 16.6. The maximum absolute atomic E-state index is 5.94. The largest absolute Gasteiger partial charge is 0.382 e. The fourth-order valence-electron chi connectivity index (χ4n) is 3.75. The topological polar surface area (TPSA) is 267 Å². The number of nitrogens with one attached hydrogen (secondary N) is 3. The SMILES string of the molecule is NC1=NC(N)c2nc(CNCCOCCOCCOCCOCCNCc3cnc4nc(N)nc(N)c4n3)cnc2N1. The Labute approximate surface area is 242 Å². The molecule has 0 fully saturated rings. The van der Waals surface area contributed by atoms with E-state index >= 15 is 0 Å². The molecule has 0 spiro atoms. The zero-order valence-electron chi connectivity index (χ0n) is 23.3. The summed E-state index contributed by atoms with van der Waals surface area (Å²) in [6.45, 7) is 6.37. The lowest BCUT2D eigenvalue weighted by Crippen LogP contribution is -2.32. The Morgan fingerprint density at radius 2 is 1.29 bits per heavy atom. The van der Waals surface area contributed by atoms with Gasteiger partial charge in [0.1, 0.15) is 11.9 Å². The quantitative estimate of drug-likeness (QED) is 0.0749. The lowest BCUT2D eigenvalue weighted by atomic mass is 10.3. The molecular weight excluding hydrogens is 548 g/mol. The number of guanidine groups is 1. The number of rotatable bonds is 19. The molecule has 18 nitrogen and oxygen atoms in total. The predicted octanol–water partition coefficient (Wildman–Crippen LogP) is -1.98. The van der Waals surface area contributed by atoms with E-state index in [1.165, 1.54) is 0 Å². The minimum Gasteiger partial charge on any atom is -0.382 e. The van der Waals surface area contributed by atoms with E-state index in [1.807, 2.05) is 0 Å². The molecule has 18 heteroatoms. The molecule has 1 atom stereocenters. The number of anilines is 3. The maximum Gasteiger partial charge on any atom is 0.224 e. The van der Waals surface area contributed by atoms with E-state index in [0.717, 1.165) is 11.4 Å². The van der Waals surface area contributed by atoms with Crippen LogP contribution in [-0.2, 0) is 32.0 Å². The third kappa shape index (κ3) is 9.87. The van der Waals surface area contributed by atoms with Gasteiger partial charge in [0.2, 0.25) is 5.95 Å². The fraction of sp³-hybridized carbons (Fsp3) is 0.542. The van der Waals surface area contributed by atoms with E-state index in [0.29, 0.717) is 102 Å². The van der Waals surface area contributed by atoms with Crippen LogP contribution < -0.4 is 38.9 Å². The van der Waals surface area contributed by atoms with Gasteiger partial charge in [-0.1, -0.05) is 0 Å². The van der Waals surface area contributed by atoms with Crippen molar-refractivity contribution < 1.29 is 18.9 Å². The van der Waals surface area contributed by atoms with Crippen molar-refractivity contribution in [3.05, 3.63) is 29.5 Å². The molecule has 1 aliphatic heterocycles. The second kappa shape index (κ2) is 16.5. The first-order valence-corrected chi connectivity index (χ1v) is 13.5. The van der Waals surface area contributed by atoms with Crippen LogP contribution in [-0.4, -0.2) is 102 Å². The van der Waals surface area contributed by atoms with Gasteiger partial charge in [-0.2, -0.15) is 9.97 Å². The number of nitrogens with zero attached hydrogens (tertiary/aromatic N) is 7. The fourth-order valence-corrected chi connectivity index (χ4v) is 3.75. The predicted molar refractivity (Wildman–Crippen MR) is 155 cm³/mol. The first-order chi connectivity index (χ1) is 20.5. The second-order valence-corrected chi connectivity index (χ2v) is 8.98. The Kier molecular flexibility index (Phi) is 12.2. The average Bonchev–Trinajstić information content (AvgIpc) is 2.97. The summed E-state index contributed by atoms with van der Waals surface area (Å²) >= 11 is 0. The minimum absolute atomic E-state index is 0.0718. The van der Waals surface area contributed by atoms with Crippen molar-refractivity contribution in [1.29, 1.82) is 0 Å². The monoisotopic (exact) mass is 586 g/mol. The molecule has 1 aliphatic rings. The Morgan fingerprint density at radius 1 is 0.714 bits per heavy atom. The Hall–Kier alpha value is -3.91. The summed E-state index contributed by atoms with van der Waals surface area (Å²) in [4.78, 5) is 29.4. The number of aliphatic imine (C=N–C) groups is 1. The van der Waals surface area contributed by atoms with Crippen molar-refractivity contribution >= 4 is 34.7 Å². The Bertz CT molecular complexity index is 1310. The van der Waals surface area contributed by atoms with Gasteiger partial charge in [-0.25, -0.2) is 24.9 Å². The molecule has 1 unspecified atom stereocenters. The van der Waals surface area contributed by atoms with Crippen LogP contribution in [0.25, 0.3) is 11.2 Å². The van der Waals surface area contributed by atoms with Crippen LogP contribution in [0.3, 0.4) is 0 Å². The summed E-state index contributed by atoms with van der Waals surface area (Å²) in [5.41, 5.74) is 25.9. The minimum atomic E-state index is -0.618. The smallest absolute Gasteiger partial charge is 0.224 e. The van der Waals surface area contributed by atoms with Crippen molar-refractivity contribution in [1.82, 2.24) is 40.5 Å². The van der Waals surface area contributed by atoms with Crippen molar-refractivity contribution in [3.8, 4) is 0 Å². The normalized spacial score (nSPS) is 14.5. The molecule has 0 aliphatic carbocycles. The molecule has 11 N–H and O–H groups in total. The van der Waals surface area contributed by atoms with E-state index in [-0.39, 0.29) is 17.7 Å². The van der Waals surface area contributed by atoms with E-state index in [4.69, 9.17) is 41.9 Å². The first-order valence-electron chi connectivity index (χ1n) is 13.5. The van der Waals surface area contributed by atoms with Crippen LogP contribution in [0.5, 0.6) is 0 Å². The standard InChI is InChI=1S/C24H38N14O4/c25-19-17-21(37-23(27)35-19)31-13-15(33-17)11-29-1-3-39-5-7-41-9-10-42-8-6-40-4-2-30-12-16-14-32-22-18(34-16)20(26)36-24(28)38-22/h13-14,19,29-30H,1-12,25H2,(H3,27,31,35,37)(H4,26,28,32,36,38). The van der Waals surface area contributed by atoms with Crippen molar-refractivity contribution in [2.45, 2.75) is 19.3 Å². The third-order valence-electron chi connectivity index (χ3n) is 5.73. The molecule has 4 heterocycles. The van der Waals surface area contributed by atoms with Crippen molar-refractivity contribution in [2.24, 2.45) is 16.5 Å². The average molecular weight is 587 g/mol. The first kappa shape index (κ1) is 31.0. The molecule has 3 aromatic heterocycles. The summed E-state index contributed by atoms with van der Waals surface area (Å²) in [5.74, 6) is 1.05. The van der Waals surface area contributed by atoms with Gasteiger partial charge in [0, 0.05) is 26.2 Å². The van der Waals surface area contributed by atoms with Gasteiger partial charge >= 0.3 is 0 Å². The molecule has 4 rings (SSSR count). The Morgan fingerprint density at radius 3 is 1.93 bits per heavy atom. The number of fused-ring (bicyclic) bond motifs is 2. The summed E-state index contributed by atoms with van der Waals surface area (Å²) in [6.07, 6.45) is 2.67. The van der Waals surface area contributed by atoms with Gasteiger partial charge in [-0.15, -0.1) is 0 Å². The molecular formula is C24H38N14O4. The lowest BCUT2D eigenvalue weighted by molar-refractivity contribution is -0.00113.